The Hall–Kier alpha value is -1.83. The third-order valence-electron chi connectivity index (χ3n) is 5.68. The number of nitrogens with zero attached hydrogens (tertiary/aromatic N) is 1. The van der Waals surface area contributed by atoms with Gasteiger partial charge in [-0.25, -0.2) is 0 Å². The minimum atomic E-state index is 0.751. The van der Waals surface area contributed by atoms with Crippen molar-refractivity contribution in [3.63, 3.8) is 0 Å². The topological polar surface area (TPSA) is 24.4 Å². The van der Waals surface area contributed by atoms with E-state index in [2.05, 4.69) is 110 Å². The Labute approximate surface area is 221 Å². The Morgan fingerprint density at radius 1 is 1.00 bits per heavy atom. The fourth-order valence-electron chi connectivity index (χ4n) is 3.26. The summed E-state index contributed by atoms with van der Waals surface area (Å²) in [5.41, 5.74) is 7.39. The lowest BCUT2D eigenvalue weighted by atomic mass is 9.98. The van der Waals surface area contributed by atoms with Gasteiger partial charge in [-0.05, 0) is 76.0 Å². The van der Waals surface area contributed by atoms with Crippen LogP contribution in [-0.4, -0.2) is 19.3 Å². The van der Waals surface area contributed by atoms with Gasteiger partial charge in [0.15, 0.2) is 0 Å². The molecule has 1 aromatic rings. The number of allylic oxidation sites excluding steroid dienone is 2. The zero-order valence-electron chi connectivity index (χ0n) is 26.1. The minimum Gasteiger partial charge on any atom is -0.384 e. The highest BCUT2D eigenvalue weighted by molar-refractivity contribution is 6.07. The second-order valence-corrected chi connectivity index (χ2v) is 9.72. The molecule has 0 aliphatic carbocycles. The summed E-state index contributed by atoms with van der Waals surface area (Å²) in [4.78, 5) is 4.28. The van der Waals surface area contributed by atoms with Crippen molar-refractivity contribution in [2.45, 2.75) is 122 Å². The van der Waals surface area contributed by atoms with Gasteiger partial charge in [0, 0.05) is 13.6 Å². The zero-order chi connectivity index (χ0) is 27.8. The van der Waals surface area contributed by atoms with Gasteiger partial charge in [0.1, 0.15) is 0 Å². The van der Waals surface area contributed by atoms with Gasteiger partial charge in [0.25, 0.3) is 0 Å². The van der Waals surface area contributed by atoms with Crippen LogP contribution in [0.5, 0.6) is 0 Å². The molecule has 0 saturated heterocycles. The van der Waals surface area contributed by atoms with Crippen LogP contribution < -0.4 is 5.32 Å². The summed E-state index contributed by atoms with van der Waals surface area (Å²) in [6.07, 6.45) is 9.60. The van der Waals surface area contributed by atoms with E-state index in [0.29, 0.717) is 0 Å². The summed E-state index contributed by atoms with van der Waals surface area (Å²) < 4.78 is 0. The van der Waals surface area contributed by atoms with Crippen molar-refractivity contribution < 1.29 is 0 Å². The number of hydrogen-bond acceptors (Lipinski definition) is 2. The molecule has 0 saturated carbocycles. The van der Waals surface area contributed by atoms with Crippen molar-refractivity contribution in [1.29, 1.82) is 0 Å². The Balaban J connectivity index is -0.000000500. The number of aliphatic imine (C=N–C) groups is 1. The molecule has 204 valence electrons. The van der Waals surface area contributed by atoms with Crippen molar-refractivity contribution >= 4 is 5.71 Å². The van der Waals surface area contributed by atoms with E-state index in [-0.39, 0.29) is 0 Å². The predicted octanol–water partition coefficient (Wildman–Crippen LogP) is 10.3. The standard InChI is InChI=1S/C16H30N2.C10H14.C5H12.C2H6/c1-7-9-15(10-8-2)12-18-14(5)16(17-6)11-13(3)4;1-4-10-7-8(2)5-6-9(10)3;1-4-5(2)3;1-2/h11,15,18H,5,7-10,12H2,1-4,6H3;5-7H,4H2,1-3H3;5H,4H2,1-3H3;1-2H3. The molecular formula is C33H62N2. The molecular weight excluding hydrogens is 424 g/mol. The summed E-state index contributed by atoms with van der Waals surface area (Å²) in [5, 5.41) is 3.44. The monoisotopic (exact) mass is 486 g/mol. The molecule has 35 heavy (non-hydrogen) atoms. The lowest BCUT2D eigenvalue weighted by Gasteiger charge is -2.18. The average molecular weight is 487 g/mol. The second-order valence-electron chi connectivity index (χ2n) is 9.72. The van der Waals surface area contributed by atoms with Gasteiger partial charge in [-0.1, -0.05) is 111 Å². The Kier molecular flexibility index (Phi) is 27.2. The first kappa shape index (κ1) is 37.7. The van der Waals surface area contributed by atoms with Crippen molar-refractivity contribution in [2.24, 2.45) is 16.8 Å². The fraction of sp³-hybridized carbons (Fsp3) is 0.667. The molecule has 1 rings (SSSR count). The van der Waals surface area contributed by atoms with Crippen molar-refractivity contribution in [1.82, 2.24) is 5.32 Å². The average Bonchev–Trinajstić information content (AvgIpc) is 2.84. The summed E-state index contributed by atoms with van der Waals surface area (Å²) in [7, 11) is 1.82. The van der Waals surface area contributed by atoms with Gasteiger partial charge in [-0.3, -0.25) is 4.99 Å². The van der Waals surface area contributed by atoms with E-state index in [1.54, 1.807) is 0 Å². The first-order chi connectivity index (χ1) is 16.6. The second kappa shape index (κ2) is 25.3. The summed E-state index contributed by atoms with van der Waals surface area (Å²) in [6, 6.07) is 6.61. The smallest absolute Gasteiger partial charge is 0.0795 e. The highest BCUT2D eigenvalue weighted by atomic mass is 14.9. The van der Waals surface area contributed by atoms with Crippen LogP contribution in [0.2, 0.25) is 0 Å². The van der Waals surface area contributed by atoms with E-state index >= 15 is 0 Å². The van der Waals surface area contributed by atoms with Gasteiger partial charge in [-0.15, -0.1) is 0 Å². The largest absolute Gasteiger partial charge is 0.384 e. The molecule has 0 heterocycles. The molecule has 0 spiro atoms. The van der Waals surface area contributed by atoms with Crippen molar-refractivity contribution in [3.8, 4) is 0 Å². The normalized spacial score (nSPS) is 10.3. The molecule has 0 unspecified atom stereocenters. The first-order valence-electron chi connectivity index (χ1n) is 14.2. The van der Waals surface area contributed by atoms with Crippen LogP contribution in [0.3, 0.4) is 0 Å². The van der Waals surface area contributed by atoms with Crippen LogP contribution in [-0.2, 0) is 6.42 Å². The van der Waals surface area contributed by atoms with Gasteiger partial charge < -0.3 is 5.32 Å². The lowest BCUT2D eigenvalue weighted by molar-refractivity contribution is 0.428. The molecule has 0 bridgehead atoms. The van der Waals surface area contributed by atoms with Crippen LogP contribution >= 0.6 is 0 Å². The molecule has 0 aromatic heterocycles. The molecule has 0 aliphatic rings. The van der Waals surface area contributed by atoms with Gasteiger partial charge in [0.05, 0.1) is 11.4 Å². The SMILES string of the molecule is C=C(NCC(CCC)CCC)C(C=C(C)C)=NC.CC.CCC(C)C.CCc1cc(C)ccc1C. The van der Waals surface area contributed by atoms with E-state index in [0.717, 1.165) is 36.2 Å². The van der Waals surface area contributed by atoms with Crippen molar-refractivity contribution in [2.75, 3.05) is 13.6 Å². The molecule has 1 aromatic carbocycles. The molecule has 0 radical (unpaired) electrons. The highest BCUT2D eigenvalue weighted by Gasteiger charge is 2.08. The highest BCUT2D eigenvalue weighted by Crippen LogP contribution is 2.13. The van der Waals surface area contributed by atoms with E-state index in [9.17, 15) is 0 Å². The summed E-state index contributed by atoms with van der Waals surface area (Å²) >= 11 is 0. The Bertz CT molecular complexity index is 685. The number of benzene rings is 1. The summed E-state index contributed by atoms with van der Waals surface area (Å²) in [5.74, 6) is 1.64. The Morgan fingerprint density at radius 3 is 1.86 bits per heavy atom. The maximum Gasteiger partial charge on any atom is 0.0795 e. The van der Waals surface area contributed by atoms with Crippen LogP contribution in [0.1, 0.15) is 118 Å². The lowest BCUT2D eigenvalue weighted by Crippen LogP contribution is -2.25. The molecule has 1 N–H and O–H groups in total. The molecule has 0 aliphatic heterocycles. The number of rotatable bonds is 11. The molecule has 2 heteroatoms. The molecule has 0 atom stereocenters. The van der Waals surface area contributed by atoms with Crippen LogP contribution in [0.4, 0.5) is 0 Å². The van der Waals surface area contributed by atoms with Gasteiger partial charge in [-0.2, -0.15) is 0 Å². The third-order valence-corrected chi connectivity index (χ3v) is 5.68. The number of nitrogens with one attached hydrogen (secondary N) is 1. The van der Waals surface area contributed by atoms with E-state index in [1.165, 1.54) is 54.4 Å². The van der Waals surface area contributed by atoms with E-state index in [1.807, 2.05) is 20.9 Å². The molecule has 0 amide bonds. The molecule has 2 nitrogen and oxygen atoms in total. The van der Waals surface area contributed by atoms with Gasteiger partial charge in [0.2, 0.25) is 0 Å². The van der Waals surface area contributed by atoms with E-state index in [4.69, 9.17) is 0 Å². The fourth-order valence-corrected chi connectivity index (χ4v) is 3.26. The first-order valence-corrected chi connectivity index (χ1v) is 14.2. The van der Waals surface area contributed by atoms with E-state index < -0.39 is 0 Å². The predicted molar refractivity (Wildman–Crippen MR) is 165 cm³/mol. The van der Waals surface area contributed by atoms with Crippen LogP contribution in [0.25, 0.3) is 0 Å². The van der Waals surface area contributed by atoms with Crippen molar-refractivity contribution in [3.05, 3.63) is 58.8 Å². The zero-order valence-corrected chi connectivity index (χ0v) is 26.1. The summed E-state index contributed by atoms with van der Waals surface area (Å²) in [6.45, 7) is 30.9. The Morgan fingerprint density at radius 2 is 1.51 bits per heavy atom. The van der Waals surface area contributed by atoms with Crippen LogP contribution in [0, 0.1) is 25.7 Å². The van der Waals surface area contributed by atoms with Crippen LogP contribution in [0.15, 0.2) is 47.1 Å². The maximum atomic E-state index is 4.28. The van der Waals surface area contributed by atoms with Gasteiger partial charge >= 0.3 is 0 Å². The number of aryl methyl sites for hydroxylation is 3. The number of hydrogen-bond donors (Lipinski definition) is 1. The molecule has 0 fully saturated rings. The third kappa shape index (κ3) is 22.4. The quantitative estimate of drug-likeness (QED) is 0.309. The minimum absolute atomic E-state index is 0.751. The maximum absolute atomic E-state index is 4.28.